The molecule has 2 fully saturated rings. The predicted octanol–water partition coefficient (Wildman–Crippen LogP) is 3.75. The van der Waals surface area contributed by atoms with Gasteiger partial charge >= 0.3 is 0 Å². The summed E-state index contributed by atoms with van der Waals surface area (Å²) in [7, 11) is 2.13. The highest BCUT2D eigenvalue weighted by atomic mass is 16.5. The molecular formula is C16H31NO. The third kappa shape index (κ3) is 3.48. The van der Waals surface area contributed by atoms with Crippen LogP contribution >= 0.6 is 0 Å². The Morgan fingerprint density at radius 2 is 1.94 bits per heavy atom. The van der Waals surface area contributed by atoms with Crippen molar-refractivity contribution in [1.82, 2.24) is 5.32 Å². The van der Waals surface area contributed by atoms with Crippen LogP contribution in [0.1, 0.15) is 65.2 Å². The molecule has 2 nitrogen and oxygen atoms in total. The van der Waals surface area contributed by atoms with Gasteiger partial charge in [0.15, 0.2) is 0 Å². The molecule has 0 bridgehead atoms. The van der Waals surface area contributed by atoms with E-state index in [2.05, 4.69) is 26.2 Å². The highest BCUT2D eigenvalue weighted by molar-refractivity contribution is 4.93. The fraction of sp³-hybridized carbons (Fsp3) is 1.00. The van der Waals surface area contributed by atoms with E-state index in [4.69, 9.17) is 4.74 Å². The molecule has 2 aliphatic rings. The van der Waals surface area contributed by atoms with Crippen molar-refractivity contribution in [3.63, 3.8) is 0 Å². The van der Waals surface area contributed by atoms with Gasteiger partial charge < -0.3 is 10.1 Å². The summed E-state index contributed by atoms with van der Waals surface area (Å²) >= 11 is 0. The van der Waals surface area contributed by atoms with E-state index in [-0.39, 0.29) is 5.60 Å². The Balaban J connectivity index is 1.96. The minimum absolute atomic E-state index is 0.257. The normalized spacial score (nSPS) is 29.7. The molecule has 2 heteroatoms. The van der Waals surface area contributed by atoms with Crippen LogP contribution in [-0.4, -0.2) is 25.3 Å². The summed E-state index contributed by atoms with van der Waals surface area (Å²) in [6, 6.07) is 0.688. The Labute approximate surface area is 113 Å². The maximum absolute atomic E-state index is 6.21. The Kier molecular flexibility index (Phi) is 5.08. The van der Waals surface area contributed by atoms with Crippen LogP contribution < -0.4 is 5.32 Å². The van der Waals surface area contributed by atoms with E-state index in [0.717, 1.165) is 18.4 Å². The molecule has 1 spiro atoms. The zero-order valence-electron chi connectivity index (χ0n) is 12.5. The summed E-state index contributed by atoms with van der Waals surface area (Å²) in [6.07, 6.45) is 10.6. The fourth-order valence-corrected chi connectivity index (χ4v) is 4.01. The van der Waals surface area contributed by atoms with Crippen LogP contribution in [0.4, 0.5) is 0 Å². The zero-order chi connectivity index (χ0) is 13.0. The third-order valence-electron chi connectivity index (χ3n) is 4.96. The number of rotatable bonds is 4. The van der Waals surface area contributed by atoms with Crippen LogP contribution in [0.5, 0.6) is 0 Å². The van der Waals surface area contributed by atoms with Crippen LogP contribution in [0.3, 0.4) is 0 Å². The highest BCUT2D eigenvalue weighted by Gasteiger charge is 2.40. The molecule has 2 unspecified atom stereocenters. The van der Waals surface area contributed by atoms with Crippen molar-refractivity contribution < 1.29 is 4.74 Å². The van der Waals surface area contributed by atoms with Crippen LogP contribution in [0, 0.1) is 11.8 Å². The molecule has 2 rings (SSSR count). The summed E-state index contributed by atoms with van der Waals surface area (Å²) in [5.74, 6) is 1.61. The van der Waals surface area contributed by atoms with Crippen molar-refractivity contribution in [2.24, 2.45) is 11.8 Å². The van der Waals surface area contributed by atoms with E-state index < -0.39 is 0 Å². The van der Waals surface area contributed by atoms with Crippen LogP contribution in [-0.2, 0) is 4.74 Å². The van der Waals surface area contributed by atoms with Gasteiger partial charge in [0.25, 0.3) is 0 Å². The van der Waals surface area contributed by atoms with Crippen molar-refractivity contribution in [3.05, 3.63) is 0 Å². The lowest BCUT2D eigenvalue weighted by atomic mass is 9.73. The second-order valence-electron chi connectivity index (χ2n) is 6.87. The van der Waals surface area contributed by atoms with Crippen LogP contribution in [0.15, 0.2) is 0 Å². The van der Waals surface area contributed by atoms with Gasteiger partial charge in [-0.2, -0.15) is 0 Å². The van der Waals surface area contributed by atoms with E-state index in [0.29, 0.717) is 6.04 Å². The summed E-state index contributed by atoms with van der Waals surface area (Å²) in [6.45, 7) is 5.65. The van der Waals surface area contributed by atoms with E-state index in [9.17, 15) is 0 Å². The van der Waals surface area contributed by atoms with Gasteiger partial charge in [-0.3, -0.25) is 0 Å². The fourth-order valence-electron chi connectivity index (χ4n) is 4.01. The molecule has 106 valence electrons. The molecule has 1 aliphatic carbocycles. The van der Waals surface area contributed by atoms with Gasteiger partial charge in [0.1, 0.15) is 0 Å². The summed E-state index contributed by atoms with van der Waals surface area (Å²) in [5, 5.41) is 3.57. The molecule has 1 aliphatic heterocycles. The van der Waals surface area contributed by atoms with E-state index in [1.807, 2.05) is 0 Å². The van der Waals surface area contributed by atoms with Crippen molar-refractivity contribution in [2.75, 3.05) is 13.7 Å². The van der Waals surface area contributed by atoms with E-state index in [1.54, 1.807) is 0 Å². The Morgan fingerprint density at radius 1 is 1.22 bits per heavy atom. The first-order chi connectivity index (χ1) is 8.65. The first-order valence-electron chi connectivity index (χ1n) is 7.96. The predicted molar refractivity (Wildman–Crippen MR) is 76.8 cm³/mol. The zero-order valence-corrected chi connectivity index (χ0v) is 12.5. The number of hydrogen-bond donors (Lipinski definition) is 1. The molecule has 0 aromatic heterocycles. The monoisotopic (exact) mass is 253 g/mol. The SMILES string of the molecule is CNC(CC(C)C)C1CCOC2(CCCCC2)C1. The smallest absolute Gasteiger partial charge is 0.0685 e. The molecule has 0 radical (unpaired) electrons. The third-order valence-corrected chi connectivity index (χ3v) is 4.96. The highest BCUT2D eigenvalue weighted by Crippen LogP contribution is 2.42. The molecule has 0 aromatic carbocycles. The molecule has 1 saturated carbocycles. The van der Waals surface area contributed by atoms with Crippen molar-refractivity contribution in [3.8, 4) is 0 Å². The maximum Gasteiger partial charge on any atom is 0.0685 e. The summed E-state index contributed by atoms with van der Waals surface area (Å²) in [5.41, 5.74) is 0.257. The molecule has 0 aromatic rings. The second kappa shape index (κ2) is 6.38. The molecule has 2 atom stereocenters. The quantitative estimate of drug-likeness (QED) is 0.824. The van der Waals surface area contributed by atoms with Gasteiger partial charge in [-0.15, -0.1) is 0 Å². The largest absolute Gasteiger partial charge is 0.375 e. The first kappa shape index (κ1) is 14.3. The molecule has 1 heterocycles. The van der Waals surface area contributed by atoms with Crippen LogP contribution in [0.25, 0.3) is 0 Å². The first-order valence-corrected chi connectivity index (χ1v) is 7.96. The van der Waals surface area contributed by atoms with Crippen molar-refractivity contribution in [2.45, 2.75) is 76.9 Å². The number of nitrogens with one attached hydrogen (secondary N) is 1. The van der Waals surface area contributed by atoms with Gasteiger partial charge in [0.2, 0.25) is 0 Å². The summed E-state index contributed by atoms with van der Waals surface area (Å²) < 4.78 is 6.21. The second-order valence-corrected chi connectivity index (χ2v) is 6.87. The molecule has 1 N–H and O–H groups in total. The Hall–Kier alpha value is -0.0800. The molecular weight excluding hydrogens is 222 g/mol. The van der Waals surface area contributed by atoms with E-state index >= 15 is 0 Å². The minimum atomic E-state index is 0.257. The van der Waals surface area contributed by atoms with Crippen molar-refractivity contribution in [1.29, 1.82) is 0 Å². The van der Waals surface area contributed by atoms with E-state index in [1.165, 1.54) is 51.4 Å². The van der Waals surface area contributed by atoms with Gasteiger partial charge in [0.05, 0.1) is 5.60 Å². The number of ether oxygens (including phenoxy) is 1. The number of hydrogen-bond acceptors (Lipinski definition) is 2. The van der Waals surface area contributed by atoms with Gasteiger partial charge in [0, 0.05) is 12.6 Å². The van der Waals surface area contributed by atoms with Gasteiger partial charge in [-0.05, 0) is 51.0 Å². The lowest BCUT2D eigenvalue weighted by molar-refractivity contribution is -0.122. The van der Waals surface area contributed by atoms with Crippen LogP contribution in [0.2, 0.25) is 0 Å². The average Bonchev–Trinajstić information content (AvgIpc) is 2.36. The minimum Gasteiger partial charge on any atom is -0.375 e. The summed E-state index contributed by atoms with van der Waals surface area (Å²) in [4.78, 5) is 0. The standard InChI is InChI=1S/C16H31NO/c1-13(2)11-15(17-3)14-7-10-18-16(12-14)8-5-4-6-9-16/h13-15,17H,4-12H2,1-3H3. The maximum atomic E-state index is 6.21. The van der Waals surface area contributed by atoms with Gasteiger partial charge in [-0.1, -0.05) is 33.1 Å². The Morgan fingerprint density at radius 3 is 2.56 bits per heavy atom. The lowest BCUT2D eigenvalue weighted by Crippen LogP contribution is -2.47. The average molecular weight is 253 g/mol. The molecule has 1 saturated heterocycles. The molecule has 0 amide bonds. The lowest BCUT2D eigenvalue weighted by Gasteiger charge is -2.45. The topological polar surface area (TPSA) is 21.3 Å². The molecule has 18 heavy (non-hydrogen) atoms. The van der Waals surface area contributed by atoms with Crippen molar-refractivity contribution >= 4 is 0 Å². The van der Waals surface area contributed by atoms with Gasteiger partial charge in [-0.25, -0.2) is 0 Å². The Bertz CT molecular complexity index is 240.